The zero-order chi connectivity index (χ0) is 14.5. The van der Waals surface area contributed by atoms with E-state index in [2.05, 4.69) is 10.6 Å². The molecule has 0 aliphatic rings. The molecular weight excluding hydrogens is 315 g/mol. The number of nitrogens with one attached hydrogen (secondary N) is 2. The van der Waals surface area contributed by atoms with Gasteiger partial charge in [-0.3, -0.25) is 0 Å². The maximum atomic E-state index is 5.94. The van der Waals surface area contributed by atoms with Crippen LogP contribution >= 0.6 is 35.4 Å². The average molecular weight is 327 g/mol. The first-order valence-corrected chi connectivity index (χ1v) is 6.92. The number of hydrogen-bond donors (Lipinski definition) is 2. The molecule has 0 unspecified atom stereocenters. The van der Waals surface area contributed by atoms with Crippen LogP contribution in [0.15, 0.2) is 42.5 Å². The molecule has 0 aliphatic heterocycles. The largest absolute Gasteiger partial charge is 0.497 e. The first-order chi connectivity index (χ1) is 9.58. The van der Waals surface area contributed by atoms with E-state index in [1.807, 2.05) is 24.3 Å². The Labute approximate surface area is 132 Å². The third kappa shape index (κ3) is 4.00. The number of anilines is 2. The lowest BCUT2D eigenvalue weighted by Gasteiger charge is -2.11. The molecule has 0 heterocycles. The highest BCUT2D eigenvalue weighted by atomic mass is 35.5. The van der Waals surface area contributed by atoms with Crippen molar-refractivity contribution in [2.24, 2.45) is 0 Å². The van der Waals surface area contributed by atoms with E-state index in [9.17, 15) is 0 Å². The molecule has 0 radical (unpaired) electrons. The minimum Gasteiger partial charge on any atom is -0.497 e. The summed E-state index contributed by atoms with van der Waals surface area (Å²) in [4.78, 5) is 0. The van der Waals surface area contributed by atoms with E-state index in [0.29, 0.717) is 15.2 Å². The van der Waals surface area contributed by atoms with E-state index in [1.165, 1.54) is 0 Å². The molecule has 0 amide bonds. The summed E-state index contributed by atoms with van der Waals surface area (Å²) in [7, 11) is 1.62. The third-order valence-corrected chi connectivity index (χ3v) is 3.47. The van der Waals surface area contributed by atoms with Gasteiger partial charge in [-0.15, -0.1) is 0 Å². The van der Waals surface area contributed by atoms with Gasteiger partial charge in [-0.25, -0.2) is 0 Å². The molecule has 0 aliphatic carbocycles. The van der Waals surface area contributed by atoms with Gasteiger partial charge < -0.3 is 15.4 Å². The van der Waals surface area contributed by atoms with Crippen LogP contribution in [0.4, 0.5) is 11.4 Å². The number of rotatable bonds is 3. The molecule has 6 heteroatoms. The fraction of sp³-hybridized carbons (Fsp3) is 0.0714. The molecule has 0 saturated heterocycles. The molecular formula is C14H12Cl2N2OS. The van der Waals surface area contributed by atoms with Crippen molar-refractivity contribution < 1.29 is 4.74 Å². The second-order valence-electron chi connectivity index (χ2n) is 3.94. The maximum absolute atomic E-state index is 5.94. The quantitative estimate of drug-likeness (QED) is 0.793. The number of halogens is 2. The van der Waals surface area contributed by atoms with E-state index in [1.54, 1.807) is 25.3 Å². The second kappa shape index (κ2) is 6.79. The van der Waals surface area contributed by atoms with E-state index < -0.39 is 0 Å². The predicted octanol–water partition coefficient (Wildman–Crippen LogP) is 4.81. The van der Waals surface area contributed by atoms with Gasteiger partial charge in [0.1, 0.15) is 5.75 Å². The fourth-order valence-electron chi connectivity index (χ4n) is 1.54. The predicted molar refractivity (Wildman–Crippen MR) is 89.3 cm³/mol. The first-order valence-electron chi connectivity index (χ1n) is 5.75. The van der Waals surface area contributed by atoms with Gasteiger partial charge in [-0.2, -0.15) is 0 Å². The van der Waals surface area contributed by atoms with Crippen LogP contribution in [-0.2, 0) is 0 Å². The molecule has 2 aromatic rings. The molecule has 2 rings (SSSR count). The molecule has 3 nitrogen and oxygen atoms in total. The number of methoxy groups -OCH3 is 1. The highest BCUT2D eigenvalue weighted by molar-refractivity contribution is 7.80. The van der Waals surface area contributed by atoms with Crippen LogP contribution in [-0.4, -0.2) is 12.2 Å². The standard InChI is InChI=1S/C14H12Cl2N2OS/c1-19-11-5-2-9(3-6-11)17-14(20)18-10-4-7-12(15)13(16)8-10/h2-8H,1H3,(H2,17,18,20). The second-order valence-corrected chi connectivity index (χ2v) is 5.16. The van der Waals surface area contributed by atoms with Gasteiger partial charge in [0.05, 0.1) is 17.2 Å². The van der Waals surface area contributed by atoms with Crippen LogP contribution < -0.4 is 15.4 Å². The maximum Gasteiger partial charge on any atom is 0.175 e. The number of hydrogen-bond acceptors (Lipinski definition) is 2. The van der Waals surface area contributed by atoms with Crippen LogP contribution in [0.5, 0.6) is 5.75 Å². The zero-order valence-electron chi connectivity index (χ0n) is 10.6. The Morgan fingerprint density at radius 1 is 0.950 bits per heavy atom. The molecule has 2 aromatic carbocycles. The summed E-state index contributed by atoms with van der Waals surface area (Å²) < 4.78 is 5.09. The van der Waals surface area contributed by atoms with Gasteiger partial charge in [-0.05, 0) is 54.7 Å². The Morgan fingerprint density at radius 3 is 2.15 bits per heavy atom. The Morgan fingerprint density at radius 2 is 1.55 bits per heavy atom. The summed E-state index contributed by atoms with van der Waals surface area (Å²) >= 11 is 17.0. The number of ether oxygens (including phenoxy) is 1. The summed E-state index contributed by atoms with van der Waals surface area (Å²) in [6, 6.07) is 12.7. The third-order valence-electron chi connectivity index (χ3n) is 2.53. The lowest BCUT2D eigenvalue weighted by molar-refractivity contribution is 0.415. The Hall–Kier alpha value is -1.49. The molecule has 0 fully saturated rings. The van der Waals surface area contributed by atoms with Crippen molar-refractivity contribution >= 4 is 51.9 Å². The van der Waals surface area contributed by atoms with Crippen LogP contribution in [0.1, 0.15) is 0 Å². The molecule has 0 atom stereocenters. The number of thiocarbonyl (C=S) groups is 1. The van der Waals surface area contributed by atoms with Gasteiger partial charge in [-0.1, -0.05) is 23.2 Å². The summed E-state index contributed by atoms with van der Waals surface area (Å²) in [5.74, 6) is 0.791. The van der Waals surface area contributed by atoms with E-state index >= 15 is 0 Å². The Bertz CT molecular complexity index is 617. The smallest absolute Gasteiger partial charge is 0.175 e. The highest BCUT2D eigenvalue weighted by Crippen LogP contribution is 2.25. The van der Waals surface area contributed by atoms with E-state index in [-0.39, 0.29) is 0 Å². The molecule has 0 bridgehead atoms. The Balaban J connectivity index is 1.99. The van der Waals surface area contributed by atoms with Gasteiger partial charge >= 0.3 is 0 Å². The summed E-state index contributed by atoms with van der Waals surface area (Å²) in [6.45, 7) is 0. The lowest BCUT2D eigenvalue weighted by atomic mass is 10.3. The zero-order valence-corrected chi connectivity index (χ0v) is 12.9. The van der Waals surface area contributed by atoms with Gasteiger partial charge in [0.15, 0.2) is 5.11 Å². The lowest BCUT2D eigenvalue weighted by Crippen LogP contribution is -2.18. The molecule has 104 valence electrons. The minimum atomic E-state index is 0.466. The van der Waals surface area contributed by atoms with Crippen molar-refractivity contribution in [2.75, 3.05) is 17.7 Å². The Kier molecular flexibility index (Phi) is 5.06. The van der Waals surface area contributed by atoms with Gasteiger partial charge in [0.2, 0.25) is 0 Å². The van der Waals surface area contributed by atoms with Crippen molar-refractivity contribution in [1.29, 1.82) is 0 Å². The highest BCUT2D eigenvalue weighted by Gasteiger charge is 2.02. The van der Waals surface area contributed by atoms with Crippen LogP contribution in [0.2, 0.25) is 10.0 Å². The van der Waals surface area contributed by atoms with Crippen LogP contribution in [0, 0.1) is 0 Å². The fourth-order valence-corrected chi connectivity index (χ4v) is 2.08. The van der Waals surface area contributed by atoms with Crippen molar-refractivity contribution in [1.82, 2.24) is 0 Å². The summed E-state index contributed by atoms with van der Waals surface area (Å²) in [5.41, 5.74) is 1.63. The van der Waals surface area contributed by atoms with Crippen molar-refractivity contribution in [2.45, 2.75) is 0 Å². The molecule has 0 saturated carbocycles. The summed E-state index contributed by atoms with van der Waals surface area (Å²) in [6.07, 6.45) is 0. The van der Waals surface area contributed by atoms with Crippen molar-refractivity contribution in [3.63, 3.8) is 0 Å². The topological polar surface area (TPSA) is 33.3 Å². The van der Waals surface area contributed by atoms with Crippen molar-refractivity contribution in [3.05, 3.63) is 52.5 Å². The molecule has 2 N–H and O–H groups in total. The van der Waals surface area contributed by atoms with Crippen molar-refractivity contribution in [3.8, 4) is 5.75 Å². The van der Waals surface area contributed by atoms with E-state index in [0.717, 1.165) is 17.1 Å². The van der Waals surface area contributed by atoms with E-state index in [4.69, 9.17) is 40.2 Å². The number of benzene rings is 2. The van der Waals surface area contributed by atoms with Gasteiger partial charge in [0, 0.05) is 11.4 Å². The average Bonchev–Trinajstić information content (AvgIpc) is 2.44. The minimum absolute atomic E-state index is 0.466. The van der Waals surface area contributed by atoms with Crippen LogP contribution in [0.3, 0.4) is 0 Å². The monoisotopic (exact) mass is 326 g/mol. The molecule has 0 aromatic heterocycles. The molecule has 0 spiro atoms. The van der Waals surface area contributed by atoms with Gasteiger partial charge in [0.25, 0.3) is 0 Å². The van der Waals surface area contributed by atoms with Crippen LogP contribution in [0.25, 0.3) is 0 Å². The molecule has 20 heavy (non-hydrogen) atoms. The summed E-state index contributed by atoms with van der Waals surface area (Å²) in [5, 5.41) is 7.55. The normalized spacial score (nSPS) is 9.95. The SMILES string of the molecule is COc1ccc(NC(=S)Nc2ccc(Cl)c(Cl)c2)cc1. The first kappa shape index (κ1) is 14.9.